The van der Waals surface area contributed by atoms with Gasteiger partial charge in [0, 0.05) is 19.4 Å². The van der Waals surface area contributed by atoms with Crippen LogP contribution in [0.15, 0.2) is 0 Å². The van der Waals surface area contributed by atoms with Crippen molar-refractivity contribution in [2.75, 3.05) is 6.61 Å². The van der Waals surface area contributed by atoms with Crippen LogP contribution in [0.2, 0.25) is 0 Å². The topological polar surface area (TPSA) is 29.5 Å². The predicted octanol–water partition coefficient (Wildman–Crippen LogP) is 5.23. The molecule has 120 valence electrons. The van der Waals surface area contributed by atoms with E-state index in [9.17, 15) is 5.11 Å². The average molecular weight is 284 g/mol. The van der Waals surface area contributed by atoms with Crippen LogP contribution in [0.4, 0.5) is 0 Å². The number of unbranched alkanes of at least 4 members (excludes halogenated alkanes) is 9. The molecule has 0 amide bonds. The van der Waals surface area contributed by atoms with E-state index in [1.165, 1.54) is 64.2 Å². The molecule has 0 bridgehead atoms. The third-order valence-corrected chi connectivity index (χ3v) is 4.61. The predicted molar refractivity (Wildman–Crippen MR) is 86.1 cm³/mol. The highest BCUT2D eigenvalue weighted by Crippen LogP contribution is 2.38. The van der Waals surface area contributed by atoms with Gasteiger partial charge < -0.3 is 9.84 Å². The van der Waals surface area contributed by atoms with Crippen molar-refractivity contribution in [2.24, 2.45) is 0 Å². The number of rotatable bonds is 13. The third-order valence-electron chi connectivity index (χ3n) is 4.61. The van der Waals surface area contributed by atoms with Crippen LogP contribution in [0.25, 0.3) is 0 Å². The van der Waals surface area contributed by atoms with Gasteiger partial charge in [0.05, 0.1) is 11.7 Å². The quantitative estimate of drug-likeness (QED) is 0.469. The minimum Gasteiger partial charge on any atom is -0.390 e. The van der Waals surface area contributed by atoms with Crippen molar-refractivity contribution in [3.8, 4) is 0 Å². The van der Waals surface area contributed by atoms with Crippen LogP contribution < -0.4 is 0 Å². The maximum Gasteiger partial charge on any atom is 0.0697 e. The molecular formula is C18H36O2. The van der Waals surface area contributed by atoms with E-state index < -0.39 is 0 Å². The second-order valence-corrected chi connectivity index (χ2v) is 6.64. The zero-order chi connectivity index (χ0) is 14.7. The molecule has 0 aromatic carbocycles. The van der Waals surface area contributed by atoms with E-state index >= 15 is 0 Å². The standard InChI is InChI=1S/C18H36O2/c1-3-5-6-7-8-9-10-11-12-13-14-18(19)15-17(16-18)20-4-2/h17,19H,3-16H2,1-2H3. The van der Waals surface area contributed by atoms with Crippen LogP contribution in [0.3, 0.4) is 0 Å². The van der Waals surface area contributed by atoms with Gasteiger partial charge in [0.25, 0.3) is 0 Å². The van der Waals surface area contributed by atoms with Crippen molar-refractivity contribution < 1.29 is 9.84 Å². The first-order valence-electron chi connectivity index (χ1n) is 9.04. The molecule has 1 rings (SSSR count). The fraction of sp³-hybridized carbons (Fsp3) is 1.00. The number of hydrogen-bond acceptors (Lipinski definition) is 2. The summed E-state index contributed by atoms with van der Waals surface area (Å²) in [6.07, 6.45) is 16.6. The first-order valence-corrected chi connectivity index (χ1v) is 9.04. The molecule has 1 saturated carbocycles. The van der Waals surface area contributed by atoms with Crippen LogP contribution in [0, 0.1) is 0 Å². The molecule has 1 aliphatic carbocycles. The molecule has 0 spiro atoms. The molecule has 2 nitrogen and oxygen atoms in total. The third kappa shape index (κ3) is 7.64. The Morgan fingerprint density at radius 1 is 0.850 bits per heavy atom. The maximum absolute atomic E-state index is 10.3. The number of aliphatic hydroxyl groups is 1. The van der Waals surface area contributed by atoms with Crippen molar-refractivity contribution in [2.45, 2.75) is 109 Å². The van der Waals surface area contributed by atoms with Gasteiger partial charge in [-0.15, -0.1) is 0 Å². The van der Waals surface area contributed by atoms with Gasteiger partial charge in [-0.05, 0) is 13.3 Å². The molecule has 0 saturated heterocycles. The Morgan fingerprint density at radius 2 is 1.35 bits per heavy atom. The lowest BCUT2D eigenvalue weighted by Gasteiger charge is -2.43. The molecule has 0 aromatic heterocycles. The monoisotopic (exact) mass is 284 g/mol. The molecule has 0 atom stereocenters. The molecule has 0 unspecified atom stereocenters. The molecule has 1 aliphatic rings. The van der Waals surface area contributed by atoms with E-state index in [0.717, 1.165) is 25.9 Å². The maximum atomic E-state index is 10.3. The van der Waals surface area contributed by atoms with Crippen LogP contribution in [-0.4, -0.2) is 23.4 Å². The van der Waals surface area contributed by atoms with E-state index in [1.807, 2.05) is 6.92 Å². The van der Waals surface area contributed by atoms with Gasteiger partial charge in [-0.2, -0.15) is 0 Å². The highest BCUT2D eigenvalue weighted by Gasteiger charge is 2.42. The average Bonchev–Trinajstić information content (AvgIpc) is 2.39. The van der Waals surface area contributed by atoms with Gasteiger partial charge in [0.1, 0.15) is 0 Å². The van der Waals surface area contributed by atoms with Crippen molar-refractivity contribution in [3.63, 3.8) is 0 Å². The fourth-order valence-electron chi connectivity index (χ4n) is 3.29. The van der Waals surface area contributed by atoms with Crippen molar-refractivity contribution in [1.82, 2.24) is 0 Å². The largest absolute Gasteiger partial charge is 0.390 e. The fourth-order valence-corrected chi connectivity index (χ4v) is 3.29. The number of hydrogen-bond donors (Lipinski definition) is 1. The van der Waals surface area contributed by atoms with E-state index in [1.54, 1.807) is 0 Å². The van der Waals surface area contributed by atoms with E-state index in [2.05, 4.69) is 6.92 Å². The van der Waals surface area contributed by atoms with E-state index in [4.69, 9.17) is 4.74 Å². The normalized spacial score (nSPS) is 25.6. The molecule has 20 heavy (non-hydrogen) atoms. The molecule has 0 heterocycles. The van der Waals surface area contributed by atoms with E-state index in [-0.39, 0.29) is 5.60 Å². The lowest BCUT2D eigenvalue weighted by molar-refractivity contribution is -0.141. The van der Waals surface area contributed by atoms with Crippen molar-refractivity contribution >= 4 is 0 Å². The summed E-state index contributed by atoms with van der Waals surface area (Å²) in [6, 6.07) is 0. The SMILES string of the molecule is CCCCCCCCCCCCC1(O)CC(OCC)C1. The van der Waals surface area contributed by atoms with Crippen LogP contribution in [-0.2, 0) is 4.74 Å². The summed E-state index contributed by atoms with van der Waals surface area (Å²) in [5, 5.41) is 10.3. The molecule has 0 aromatic rings. The van der Waals surface area contributed by atoms with Crippen LogP contribution in [0.5, 0.6) is 0 Å². The summed E-state index contributed by atoms with van der Waals surface area (Å²) < 4.78 is 5.51. The minimum absolute atomic E-state index is 0.327. The Morgan fingerprint density at radius 3 is 1.85 bits per heavy atom. The molecule has 2 heteroatoms. The Kier molecular flexibility index (Phi) is 9.54. The van der Waals surface area contributed by atoms with Gasteiger partial charge in [-0.1, -0.05) is 71.1 Å². The Labute approximate surface area is 126 Å². The van der Waals surface area contributed by atoms with Gasteiger partial charge in [-0.25, -0.2) is 0 Å². The Hall–Kier alpha value is -0.0800. The first kappa shape index (κ1) is 18.0. The number of ether oxygens (including phenoxy) is 1. The first-order chi connectivity index (χ1) is 9.70. The second-order valence-electron chi connectivity index (χ2n) is 6.64. The smallest absolute Gasteiger partial charge is 0.0697 e. The highest BCUT2D eigenvalue weighted by molar-refractivity contribution is 4.94. The van der Waals surface area contributed by atoms with Gasteiger partial charge >= 0.3 is 0 Å². The summed E-state index contributed by atoms with van der Waals surface area (Å²) in [5.74, 6) is 0. The molecular weight excluding hydrogens is 248 g/mol. The molecule has 0 radical (unpaired) electrons. The summed E-state index contributed by atoms with van der Waals surface area (Å²) in [6.45, 7) is 5.07. The molecule has 0 aliphatic heterocycles. The highest BCUT2D eigenvalue weighted by atomic mass is 16.5. The zero-order valence-corrected chi connectivity index (χ0v) is 13.8. The van der Waals surface area contributed by atoms with Gasteiger partial charge in [0.2, 0.25) is 0 Å². The van der Waals surface area contributed by atoms with Gasteiger partial charge in [0.15, 0.2) is 0 Å². The molecule has 1 N–H and O–H groups in total. The van der Waals surface area contributed by atoms with Gasteiger partial charge in [-0.3, -0.25) is 0 Å². The summed E-state index contributed by atoms with van der Waals surface area (Å²) in [4.78, 5) is 0. The van der Waals surface area contributed by atoms with Crippen molar-refractivity contribution in [3.05, 3.63) is 0 Å². The zero-order valence-electron chi connectivity index (χ0n) is 13.8. The summed E-state index contributed by atoms with van der Waals surface area (Å²) >= 11 is 0. The van der Waals surface area contributed by atoms with Crippen molar-refractivity contribution in [1.29, 1.82) is 0 Å². The lowest BCUT2D eigenvalue weighted by Crippen LogP contribution is -2.48. The Bertz CT molecular complexity index is 221. The van der Waals surface area contributed by atoms with Crippen LogP contribution >= 0.6 is 0 Å². The summed E-state index contributed by atoms with van der Waals surface area (Å²) in [5.41, 5.74) is -0.389. The Balaban J connectivity index is 1.81. The van der Waals surface area contributed by atoms with E-state index in [0.29, 0.717) is 6.10 Å². The van der Waals surface area contributed by atoms with Crippen LogP contribution in [0.1, 0.15) is 97.3 Å². The lowest BCUT2D eigenvalue weighted by atomic mass is 9.74. The second kappa shape index (κ2) is 10.6. The summed E-state index contributed by atoms with van der Waals surface area (Å²) in [7, 11) is 0. The minimum atomic E-state index is -0.389. The molecule has 1 fully saturated rings.